The summed E-state index contributed by atoms with van der Waals surface area (Å²) in [6.45, 7) is 33.8. The van der Waals surface area contributed by atoms with Gasteiger partial charge in [-0.1, -0.05) is 148 Å². The molecule has 3 rings (SSSR count). The van der Waals surface area contributed by atoms with Gasteiger partial charge in [0.15, 0.2) is 0 Å². The Kier molecular flexibility index (Phi) is 39.3. The van der Waals surface area contributed by atoms with Crippen LogP contribution in [0.4, 0.5) is 32.3 Å². The van der Waals surface area contributed by atoms with Gasteiger partial charge in [0.1, 0.15) is 0 Å². The van der Waals surface area contributed by atoms with Crippen molar-refractivity contribution < 1.29 is 52.5 Å². The van der Waals surface area contributed by atoms with E-state index in [0.717, 1.165) is 11.1 Å². The van der Waals surface area contributed by atoms with Crippen molar-refractivity contribution >= 4 is 58.0 Å². The lowest BCUT2D eigenvalue weighted by Gasteiger charge is -2.39. The second kappa shape index (κ2) is 39.5. The number of aryl methyl sites for hydroxylation is 2. The van der Waals surface area contributed by atoms with Gasteiger partial charge in [-0.3, -0.25) is 0 Å². The van der Waals surface area contributed by atoms with E-state index in [4.69, 9.17) is 23.2 Å². The van der Waals surface area contributed by atoms with Gasteiger partial charge in [-0.15, -0.1) is 0 Å². The Morgan fingerprint density at radius 3 is 0.833 bits per heavy atom. The molecule has 0 aromatic heterocycles. The molecule has 12 heteroatoms. The fraction of sp³-hybridized carbons (Fsp3) is 0.630. The highest BCUT2D eigenvalue weighted by atomic mass is 79.9. The average Bonchev–Trinajstić information content (AvgIpc) is 3.28. The summed E-state index contributed by atoms with van der Waals surface area (Å²) in [5.74, 6) is 0. The monoisotopic (exact) mass is 1080 g/mol. The first-order valence-electron chi connectivity index (χ1n) is 25.3. The largest absolute Gasteiger partial charge is 1.00 e. The molecule has 0 bridgehead atoms. The number of urea groups is 2. The van der Waals surface area contributed by atoms with Crippen LogP contribution in [0.5, 0.6) is 0 Å². The summed E-state index contributed by atoms with van der Waals surface area (Å²) in [5.41, 5.74) is 4.03. The highest BCUT2D eigenvalue weighted by molar-refractivity contribution is 6.32. The third kappa shape index (κ3) is 28.2. The van der Waals surface area contributed by atoms with E-state index in [-0.39, 0.29) is 34.0 Å². The van der Waals surface area contributed by atoms with Crippen LogP contribution in [0.3, 0.4) is 0 Å². The summed E-state index contributed by atoms with van der Waals surface area (Å²) in [7, 11) is 0. The van der Waals surface area contributed by atoms with Crippen molar-refractivity contribution in [2.45, 2.75) is 172 Å². The van der Waals surface area contributed by atoms with Crippen molar-refractivity contribution in [2.75, 3.05) is 73.6 Å². The molecule has 0 aliphatic heterocycles. The van der Waals surface area contributed by atoms with Crippen LogP contribution in [-0.4, -0.2) is 73.4 Å². The van der Waals surface area contributed by atoms with Crippen LogP contribution in [0.25, 0.3) is 0 Å². The Morgan fingerprint density at radius 2 is 0.621 bits per heavy atom. The number of nitrogens with one attached hydrogen (secondary N) is 4. The van der Waals surface area contributed by atoms with Gasteiger partial charge in [-0.2, -0.15) is 0 Å². The minimum atomic E-state index is -0.425. The summed E-state index contributed by atoms with van der Waals surface area (Å²) < 4.78 is 2.84. The number of hydrogen-bond acceptors (Lipinski definition) is 2. The summed E-state index contributed by atoms with van der Waals surface area (Å²) >= 11 is 12.2. The lowest BCUT2D eigenvalue weighted by Crippen LogP contribution is -3.00. The molecule has 0 radical (unpaired) electrons. The lowest BCUT2D eigenvalue weighted by molar-refractivity contribution is -0.929. The Labute approximate surface area is 435 Å². The lowest BCUT2D eigenvalue weighted by atomic mass is 10.1. The zero-order chi connectivity index (χ0) is 47.6. The highest BCUT2D eigenvalue weighted by Crippen LogP contribution is 2.23. The number of carbonyl (C=O) groups is 2. The molecule has 0 heterocycles. The van der Waals surface area contributed by atoms with Gasteiger partial charge in [-0.25, -0.2) is 9.59 Å². The zero-order valence-electron chi connectivity index (χ0n) is 43.0. The molecule has 3 aromatic rings. The Hall–Kier alpha value is -2.34. The highest BCUT2D eigenvalue weighted by Gasteiger charge is 2.26. The molecule has 3 aromatic carbocycles. The number of rotatable bonds is 28. The molecule has 0 atom stereocenters. The van der Waals surface area contributed by atoms with Crippen LogP contribution in [-0.2, 0) is 0 Å². The van der Waals surface area contributed by atoms with Gasteiger partial charge in [0, 0.05) is 32.8 Å². The summed E-state index contributed by atoms with van der Waals surface area (Å²) in [6, 6.07) is 16.5. The topological polar surface area (TPSA) is 82.3 Å². The number of hydrogen-bond donors (Lipinski definition) is 4. The first-order chi connectivity index (χ1) is 30.8. The van der Waals surface area contributed by atoms with Crippen molar-refractivity contribution in [3.8, 4) is 0 Å². The van der Waals surface area contributed by atoms with Crippen LogP contribution >= 0.6 is 23.2 Å². The van der Waals surface area contributed by atoms with E-state index in [9.17, 15) is 9.59 Å². The van der Waals surface area contributed by atoms with Crippen LogP contribution in [0.15, 0.2) is 60.7 Å². The normalized spacial score (nSPS) is 10.8. The quantitative estimate of drug-likeness (QED) is 0.0547. The minimum absolute atomic E-state index is 0. The summed E-state index contributed by atoms with van der Waals surface area (Å²) in [5, 5.41) is 12.0. The van der Waals surface area contributed by atoms with Gasteiger partial charge in [-0.05, 0) is 119 Å². The van der Waals surface area contributed by atoms with E-state index in [0.29, 0.717) is 32.8 Å². The maximum absolute atomic E-state index is 12.2. The molecule has 0 spiro atoms. The maximum Gasteiger partial charge on any atom is 0.323 e. The van der Waals surface area contributed by atoms with Crippen LogP contribution < -0.4 is 55.2 Å². The molecule has 0 aliphatic carbocycles. The van der Waals surface area contributed by atoms with Crippen molar-refractivity contribution in [3.63, 3.8) is 0 Å². The third-order valence-electron chi connectivity index (χ3n) is 12.1. The Bertz CT molecular complexity index is 1520. The number of benzene rings is 3. The van der Waals surface area contributed by atoms with E-state index in [1.165, 1.54) is 164 Å². The van der Waals surface area contributed by atoms with E-state index in [1.807, 2.05) is 26.0 Å². The van der Waals surface area contributed by atoms with Crippen molar-refractivity contribution in [3.05, 3.63) is 81.8 Å². The summed E-state index contributed by atoms with van der Waals surface area (Å²) in [6.07, 6.45) is 22.1. The molecule has 66 heavy (non-hydrogen) atoms. The van der Waals surface area contributed by atoms with Crippen LogP contribution in [0, 0.1) is 13.8 Å². The van der Waals surface area contributed by atoms with Gasteiger partial charge in [0.25, 0.3) is 0 Å². The first-order valence-corrected chi connectivity index (χ1v) is 26.0. The van der Waals surface area contributed by atoms with Crippen molar-refractivity contribution in [1.82, 2.24) is 0 Å². The van der Waals surface area contributed by atoms with E-state index in [2.05, 4.69) is 76.7 Å². The van der Waals surface area contributed by atoms with Gasteiger partial charge >= 0.3 is 12.1 Å². The number of halogens is 4. The Balaban J connectivity index is 0. The minimum Gasteiger partial charge on any atom is -1.00 e. The number of unbranched alkanes of at least 4 members (excludes halogenated alkanes) is 8. The summed E-state index contributed by atoms with van der Waals surface area (Å²) in [4.78, 5) is 24.5. The van der Waals surface area contributed by atoms with Gasteiger partial charge in [0.2, 0.25) is 0 Å². The molecule has 0 fully saturated rings. The van der Waals surface area contributed by atoms with Gasteiger partial charge < -0.3 is 64.2 Å². The number of amides is 4. The number of quaternary nitrogens is 2. The predicted molar refractivity (Wildman–Crippen MR) is 283 cm³/mol. The first kappa shape index (κ1) is 65.7. The van der Waals surface area contributed by atoms with Gasteiger partial charge in [0.05, 0.1) is 52.4 Å². The van der Waals surface area contributed by atoms with E-state index < -0.39 is 12.1 Å². The zero-order valence-corrected chi connectivity index (χ0v) is 47.7. The number of nitrogens with zero attached hydrogens (tertiary/aromatic N) is 2. The molecular formula is C54H92Br2Cl2N6O2. The molecular weight excluding hydrogens is 995 g/mol. The number of carbonyl (C=O) groups excluding carboxylic acids is 2. The predicted octanol–water partition coefficient (Wildman–Crippen LogP) is 10.9. The molecule has 4 N–H and O–H groups in total. The van der Waals surface area contributed by atoms with Crippen molar-refractivity contribution in [2.24, 2.45) is 0 Å². The molecule has 0 aliphatic rings. The fourth-order valence-corrected chi connectivity index (χ4v) is 8.25. The maximum atomic E-state index is 12.2. The second-order valence-corrected chi connectivity index (χ2v) is 18.8. The average molecular weight is 1090 g/mol. The molecule has 0 saturated heterocycles. The smallest absolute Gasteiger partial charge is 0.323 e. The Morgan fingerprint density at radius 1 is 0.394 bits per heavy atom. The van der Waals surface area contributed by atoms with Crippen molar-refractivity contribution in [1.29, 1.82) is 0 Å². The van der Waals surface area contributed by atoms with E-state index >= 15 is 0 Å². The molecule has 0 saturated carbocycles. The van der Waals surface area contributed by atoms with Crippen LogP contribution in [0.2, 0.25) is 10.0 Å². The standard InChI is InChI=1S/C22H20Cl2N4O2.2C16H36N.2BrH/c1-13-6-8-17(11-19(13)23)27-21(29)25-15-4-3-5-16(10-15)26-22(30)28-18-9-7-14(2)20(24)12-18;2*1-5-9-13-17(14-10-6-2,15-11-7-3)16-12-8-4;;/h3-12H,1-2H3,(H2,25,27,29)(H2,26,28,30);2*5-16H2,1-4H3;2*1H/q;2*+1;;/p-2. The van der Waals surface area contributed by atoms with E-state index in [1.54, 1.807) is 48.5 Å². The SMILES string of the molecule is CCCC[N+](CCCC)(CCCC)CCCC.CCCC[N+](CCCC)(CCCC)CCCC.Cc1ccc(NC(=O)Nc2cccc(NC(=O)Nc3ccc(C)c(Cl)c3)c2)cc1Cl.[Br-].[Br-]. The molecule has 378 valence electrons. The molecule has 8 nitrogen and oxygen atoms in total. The number of anilines is 4. The molecule has 4 amide bonds. The molecule has 0 unspecified atom stereocenters. The second-order valence-electron chi connectivity index (χ2n) is 18.0. The van der Waals surface area contributed by atoms with Crippen LogP contribution in [0.1, 0.15) is 169 Å². The third-order valence-corrected chi connectivity index (χ3v) is 12.9. The fourth-order valence-electron chi connectivity index (χ4n) is 7.89.